The molecule has 4 heterocycles. The van der Waals surface area contributed by atoms with Gasteiger partial charge in [0.25, 0.3) is 0 Å². The van der Waals surface area contributed by atoms with E-state index < -0.39 is 16.4 Å². The van der Waals surface area contributed by atoms with Gasteiger partial charge in [0.15, 0.2) is 0 Å². The first-order valence-electron chi connectivity index (χ1n) is 9.73. The maximum atomic E-state index is 5.64. The molecule has 4 aliphatic rings. The molecule has 0 aliphatic carbocycles. The van der Waals surface area contributed by atoms with E-state index in [0.29, 0.717) is 0 Å². The highest BCUT2D eigenvalue weighted by Gasteiger charge is 2.41. The van der Waals surface area contributed by atoms with E-state index in [1.54, 1.807) is 0 Å². The predicted molar refractivity (Wildman–Crippen MR) is 99.5 cm³/mol. The second-order valence-electron chi connectivity index (χ2n) is 7.27. The molecule has 0 bridgehead atoms. The molecule has 0 aromatic rings. The Balaban J connectivity index is 1.58. The second kappa shape index (κ2) is 8.17. The van der Waals surface area contributed by atoms with Crippen LogP contribution in [0.5, 0.6) is 0 Å². The van der Waals surface area contributed by atoms with Crippen LogP contribution < -0.4 is 0 Å². The lowest BCUT2D eigenvalue weighted by Crippen LogP contribution is -2.25. The van der Waals surface area contributed by atoms with E-state index >= 15 is 0 Å². The second-order valence-corrected chi connectivity index (χ2v) is 11.3. The Morgan fingerprint density at radius 1 is 0.522 bits per heavy atom. The van der Waals surface area contributed by atoms with Crippen LogP contribution in [0.15, 0.2) is 4.52 Å². The molecule has 0 N–H and O–H groups in total. The van der Waals surface area contributed by atoms with Gasteiger partial charge in [-0.05, 0) is 55.9 Å². The summed E-state index contributed by atoms with van der Waals surface area (Å²) in [5.41, 5.74) is 0. The van der Waals surface area contributed by atoms with Crippen LogP contribution >= 0.6 is 16.4 Å². The molecule has 0 spiro atoms. The number of hydrogen-bond donors (Lipinski definition) is 0. The average Bonchev–Trinajstić information content (AvgIpc) is 3.35. The molecule has 0 saturated carbocycles. The van der Waals surface area contributed by atoms with E-state index in [4.69, 9.17) is 4.52 Å². The van der Waals surface area contributed by atoms with E-state index in [0.717, 1.165) is 0 Å². The van der Waals surface area contributed by atoms with E-state index in [2.05, 4.69) is 18.7 Å². The maximum absolute atomic E-state index is 5.64. The lowest BCUT2D eigenvalue weighted by atomic mass is 10.4. The molecule has 4 fully saturated rings. The molecule has 7 heteroatoms. The SMILES string of the molecule is C1CCN(P(N=[P+](N2CCCC2)N2CCCC2)N2CCCC2)C1. The minimum atomic E-state index is -0.397. The van der Waals surface area contributed by atoms with Crippen molar-refractivity contribution >= 4 is 16.4 Å². The Morgan fingerprint density at radius 2 is 0.870 bits per heavy atom. The Kier molecular flexibility index (Phi) is 5.97. The monoisotopic (exact) mass is 356 g/mol. The topological polar surface area (TPSA) is 25.3 Å². The largest absolute Gasteiger partial charge is 0.405 e. The summed E-state index contributed by atoms with van der Waals surface area (Å²) in [5.74, 6) is 0. The maximum Gasteiger partial charge on any atom is 0.405 e. The highest BCUT2D eigenvalue weighted by Crippen LogP contribution is 2.56. The highest BCUT2D eigenvalue weighted by atomic mass is 31.2. The van der Waals surface area contributed by atoms with Crippen molar-refractivity contribution in [1.82, 2.24) is 18.7 Å². The van der Waals surface area contributed by atoms with Crippen molar-refractivity contribution in [3.8, 4) is 0 Å². The average molecular weight is 356 g/mol. The summed E-state index contributed by atoms with van der Waals surface area (Å²) in [6.07, 6.45) is 11.1. The number of nitrogens with zero attached hydrogens (tertiary/aromatic N) is 5. The van der Waals surface area contributed by atoms with Crippen molar-refractivity contribution in [2.75, 3.05) is 52.4 Å². The van der Waals surface area contributed by atoms with Crippen molar-refractivity contribution in [2.45, 2.75) is 51.4 Å². The third-order valence-electron chi connectivity index (χ3n) is 5.50. The third-order valence-corrected chi connectivity index (χ3v) is 10.4. The first-order chi connectivity index (χ1) is 11.4. The zero-order valence-electron chi connectivity index (χ0n) is 14.4. The Morgan fingerprint density at radius 3 is 1.26 bits per heavy atom. The van der Waals surface area contributed by atoms with Gasteiger partial charge in [-0.3, -0.25) is 0 Å². The summed E-state index contributed by atoms with van der Waals surface area (Å²) in [5, 5.41) is 0. The number of rotatable bonds is 5. The van der Waals surface area contributed by atoms with Crippen LogP contribution in [0.1, 0.15) is 51.4 Å². The number of hydrogen-bond acceptors (Lipinski definition) is 3. The van der Waals surface area contributed by atoms with Crippen LogP contribution in [0.4, 0.5) is 0 Å². The van der Waals surface area contributed by atoms with Gasteiger partial charge in [-0.25, -0.2) is 9.34 Å². The van der Waals surface area contributed by atoms with Crippen molar-refractivity contribution in [3.05, 3.63) is 0 Å². The Hall–Kier alpha value is 0.370. The molecule has 0 amide bonds. The van der Waals surface area contributed by atoms with Crippen LogP contribution in [0.25, 0.3) is 0 Å². The molecule has 4 aliphatic heterocycles. The summed E-state index contributed by atoms with van der Waals surface area (Å²) in [4.78, 5) is 0. The zero-order chi connectivity index (χ0) is 15.5. The van der Waals surface area contributed by atoms with Gasteiger partial charge in [-0.15, -0.1) is 0 Å². The fraction of sp³-hybridized carbons (Fsp3) is 1.00. The van der Waals surface area contributed by atoms with E-state index in [9.17, 15) is 0 Å². The fourth-order valence-corrected chi connectivity index (χ4v) is 9.83. The molecule has 130 valence electrons. The van der Waals surface area contributed by atoms with Crippen LogP contribution in [0, 0.1) is 0 Å². The summed E-state index contributed by atoms with van der Waals surface area (Å²) in [6, 6.07) is 0. The standard InChI is InChI=1S/C16H32N5P2/c1-2-10-18(9-1)22(19-11-3-4-12-19)17-23(20-13-5-6-14-20)21-15-7-8-16-21/h1-16H2/q+1. The van der Waals surface area contributed by atoms with Crippen molar-refractivity contribution in [3.63, 3.8) is 0 Å². The summed E-state index contributed by atoms with van der Waals surface area (Å²) < 4.78 is 16.6. The minimum Gasteiger partial charge on any atom is -0.248 e. The molecule has 23 heavy (non-hydrogen) atoms. The lowest BCUT2D eigenvalue weighted by Gasteiger charge is -2.28. The molecule has 0 aromatic carbocycles. The van der Waals surface area contributed by atoms with Gasteiger partial charge in [-0.2, -0.15) is 0 Å². The summed E-state index contributed by atoms with van der Waals surface area (Å²) >= 11 is 0. The zero-order valence-corrected chi connectivity index (χ0v) is 16.2. The Bertz CT molecular complexity index is 375. The van der Waals surface area contributed by atoms with Gasteiger partial charge in [0.1, 0.15) is 0 Å². The van der Waals surface area contributed by atoms with Gasteiger partial charge in [-0.1, -0.05) is 9.34 Å². The van der Waals surface area contributed by atoms with Crippen LogP contribution in [0.3, 0.4) is 0 Å². The van der Waals surface area contributed by atoms with Crippen molar-refractivity contribution in [1.29, 1.82) is 0 Å². The molecular formula is C16H32N5P2+. The van der Waals surface area contributed by atoms with E-state index in [-0.39, 0.29) is 0 Å². The van der Waals surface area contributed by atoms with Gasteiger partial charge < -0.3 is 0 Å². The quantitative estimate of drug-likeness (QED) is 0.693. The third kappa shape index (κ3) is 3.97. The van der Waals surface area contributed by atoms with Gasteiger partial charge in [0.05, 0.1) is 0 Å². The van der Waals surface area contributed by atoms with Gasteiger partial charge in [0, 0.05) is 52.4 Å². The summed E-state index contributed by atoms with van der Waals surface area (Å²) in [6.45, 7) is 10.3. The Labute approximate surface area is 143 Å². The molecule has 0 aromatic heterocycles. The normalized spacial score (nSPS) is 28.4. The molecule has 5 nitrogen and oxygen atoms in total. The first-order valence-corrected chi connectivity index (χ1v) is 12.1. The van der Waals surface area contributed by atoms with Crippen molar-refractivity contribution in [2.24, 2.45) is 4.52 Å². The first kappa shape index (κ1) is 16.8. The van der Waals surface area contributed by atoms with Crippen LogP contribution in [-0.2, 0) is 0 Å². The minimum absolute atomic E-state index is 0.397. The molecule has 0 unspecified atom stereocenters. The van der Waals surface area contributed by atoms with Crippen molar-refractivity contribution < 1.29 is 0 Å². The van der Waals surface area contributed by atoms with Crippen LogP contribution in [-0.4, -0.2) is 71.0 Å². The molecular weight excluding hydrogens is 324 g/mol. The molecule has 0 atom stereocenters. The molecule has 0 radical (unpaired) electrons. The molecule has 4 rings (SSSR count). The summed E-state index contributed by atoms with van der Waals surface area (Å²) in [7, 11) is -0.795. The van der Waals surface area contributed by atoms with Gasteiger partial charge in [0.2, 0.25) is 8.37 Å². The van der Waals surface area contributed by atoms with E-state index in [1.807, 2.05) is 0 Å². The van der Waals surface area contributed by atoms with Crippen LogP contribution in [0.2, 0.25) is 0 Å². The molecule has 4 saturated heterocycles. The predicted octanol–water partition coefficient (Wildman–Crippen LogP) is 4.09. The van der Waals surface area contributed by atoms with Gasteiger partial charge >= 0.3 is 8.01 Å². The fourth-order valence-electron chi connectivity index (χ4n) is 4.17. The lowest BCUT2D eigenvalue weighted by molar-refractivity contribution is 0.467. The van der Waals surface area contributed by atoms with E-state index in [1.165, 1.54) is 104 Å². The smallest absolute Gasteiger partial charge is 0.248 e. The highest BCUT2D eigenvalue weighted by molar-refractivity contribution is 7.59.